The molecular formula is C17H25N3O2. The lowest BCUT2D eigenvalue weighted by molar-refractivity contribution is -0.122. The molecule has 22 heavy (non-hydrogen) atoms. The third kappa shape index (κ3) is 3.08. The van der Waals surface area contributed by atoms with Crippen molar-refractivity contribution in [2.24, 2.45) is 11.8 Å². The van der Waals surface area contributed by atoms with Gasteiger partial charge in [0.1, 0.15) is 0 Å². The molecule has 120 valence electrons. The minimum Gasteiger partial charge on any atom is -0.353 e. The Kier molecular flexibility index (Phi) is 4.32. The van der Waals surface area contributed by atoms with Crippen LogP contribution in [0.2, 0.25) is 0 Å². The van der Waals surface area contributed by atoms with Gasteiger partial charge in [0.15, 0.2) is 0 Å². The Bertz CT molecular complexity index is 597. The summed E-state index contributed by atoms with van der Waals surface area (Å²) < 4.78 is 0. The van der Waals surface area contributed by atoms with Gasteiger partial charge in [0.05, 0.1) is 0 Å². The zero-order valence-corrected chi connectivity index (χ0v) is 13.4. The fourth-order valence-electron chi connectivity index (χ4n) is 4.38. The zero-order chi connectivity index (χ0) is 15.7. The molecule has 5 nitrogen and oxygen atoms in total. The summed E-state index contributed by atoms with van der Waals surface area (Å²) in [5.74, 6) is 1.68. The van der Waals surface area contributed by atoms with Gasteiger partial charge in [0, 0.05) is 23.9 Å². The molecule has 5 heteroatoms. The fraction of sp³-hybridized carbons (Fsp3) is 0.706. The number of hydrogen-bond donors (Lipinski definition) is 2. The first-order chi connectivity index (χ1) is 10.5. The van der Waals surface area contributed by atoms with E-state index in [1.807, 2.05) is 13.8 Å². The van der Waals surface area contributed by atoms with E-state index in [0.29, 0.717) is 24.8 Å². The number of rotatable bonds is 4. The Labute approximate surface area is 130 Å². The third-order valence-electron chi connectivity index (χ3n) is 5.48. The van der Waals surface area contributed by atoms with Gasteiger partial charge in [0.25, 0.3) is 0 Å². The number of aryl methyl sites for hydroxylation is 2. The Hall–Kier alpha value is -1.65. The third-order valence-corrected chi connectivity index (χ3v) is 5.48. The molecule has 2 saturated carbocycles. The predicted octanol–water partition coefficient (Wildman–Crippen LogP) is 2.01. The Balaban J connectivity index is 1.56. The van der Waals surface area contributed by atoms with E-state index >= 15 is 0 Å². The summed E-state index contributed by atoms with van der Waals surface area (Å²) in [4.78, 5) is 30.2. The molecule has 0 aliphatic heterocycles. The molecule has 2 aliphatic carbocycles. The van der Waals surface area contributed by atoms with Crippen LogP contribution in [0.1, 0.15) is 55.5 Å². The summed E-state index contributed by atoms with van der Waals surface area (Å²) in [7, 11) is 0. The molecule has 0 saturated heterocycles. The summed E-state index contributed by atoms with van der Waals surface area (Å²) in [6, 6.07) is 0.385. The van der Waals surface area contributed by atoms with Crippen LogP contribution in [-0.4, -0.2) is 21.9 Å². The van der Waals surface area contributed by atoms with Crippen molar-refractivity contribution in [1.29, 1.82) is 0 Å². The van der Waals surface area contributed by atoms with Crippen LogP contribution in [0.5, 0.6) is 0 Å². The number of hydrogen-bond acceptors (Lipinski definition) is 3. The Morgan fingerprint density at radius 1 is 1.27 bits per heavy atom. The molecule has 3 rings (SSSR count). The molecule has 2 aliphatic rings. The average Bonchev–Trinajstić information content (AvgIpc) is 3.02. The average molecular weight is 303 g/mol. The highest BCUT2D eigenvalue weighted by molar-refractivity contribution is 5.76. The molecule has 2 fully saturated rings. The quantitative estimate of drug-likeness (QED) is 0.893. The fourth-order valence-corrected chi connectivity index (χ4v) is 4.38. The maximum atomic E-state index is 12.2. The predicted molar refractivity (Wildman–Crippen MR) is 84.6 cm³/mol. The van der Waals surface area contributed by atoms with Gasteiger partial charge >= 0.3 is 5.69 Å². The van der Waals surface area contributed by atoms with Crippen molar-refractivity contribution >= 4 is 5.91 Å². The number of H-pyrrole nitrogens is 1. The molecular weight excluding hydrogens is 278 g/mol. The first-order valence-corrected chi connectivity index (χ1v) is 8.40. The van der Waals surface area contributed by atoms with E-state index in [-0.39, 0.29) is 11.6 Å². The lowest BCUT2D eigenvalue weighted by atomic mass is 9.97. The first-order valence-electron chi connectivity index (χ1n) is 8.40. The summed E-state index contributed by atoms with van der Waals surface area (Å²) in [6.45, 7) is 3.69. The van der Waals surface area contributed by atoms with Crippen LogP contribution in [0.15, 0.2) is 4.79 Å². The van der Waals surface area contributed by atoms with Gasteiger partial charge in [0.2, 0.25) is 5.91 Å². The summed E-state index contributed by atoms with van der Waals surface area (Å²) >= 11 is 0. The Morgan fingerprint density at radius 2 is 2.09 bits per heavy atom. The SMILES string of the molecule is Cc1nc(=O)[nH]c(C)c1CCC(=O)N[C@H]1CC[C@@H]2CCC[C@@H]21. The number of carbonyl (C=O) groups is 1. The van der Waals surface area contributed by atoms with Crippen LogP contribution in [0.3, 0.4) is 0 Å². The summed E-state index contributed by atoms with van der Waals surface area (Å²) in [5, 5.41) is 3.24. The van der Waals surface area contributed by atoms with Crippen molar-refractivity contribution in [2.45, 2.75) is 64.8 Å². The van der Waals surface area contributed by atoms with Crippen LogP contribution >= 0.6 is 0 Å². The highest BCUT2D eigenvalue weighted by Gasteiger charge is 2.39. The molecule has 1 amide bonds. The molecule has 2 N–H and O–H groups in total. The molecule has 1 heterocycles. The van der Waals surface area contributed by atoms with E-state index in [1.54, 1.807) is 0 Å². The topological polar surface area (TPSA) is 74.8 Å². The highest BCUT2D eigenvalue weighted by Crippen LogP contribution is 2.43. The molecule has 0 radical (unpaired) electrons. The number of nitrogens with one attached hydrogen (secondary N) is 2. The number of carbonyl (C=O) groups excluding carboxylic acids is 1. The summed E-state index contributed by atoms with van der Waals surface area (Å²) in [6.07, 6.45) is 7.45. The van der Waals surface area contributed by atoms with E-state index in [1.165, 1.54) is 25.7 Å². The second kappa shape index (κ2) is 6.23. The van der Waals surface area contributed by atoms with Gasteiger partial charge < -0.3 is 10.3 Å². The van der Waals surface area contributed by atoms with Crippen molar-refractivity contribution < 1.29 is 4.79 Å². The largest absolute Gasteiger partial charge is 0.353 e. The number of aromatic amines is 1. The minimum absolute atomic E-state index is 0.127. The first kappa shape index (κ1) is 15.3. The van der Waals surface area contributed by atoms with Crippen molar-refractivity contribution in [3.8, 4) is 0 Å². The van der Waals surface area contributed by atoms with Crippen molar-refractivity contribution in [3.05, 3.63) is 27.4 Å². The maximum absolute atomic E-state index is 12.2. The summed E-state index contributed by atoms with van der Waals surface area (Å²) in [5.41, 5.74) is 2.22. The number of aromatic nitrogens is 2. The molecule has 0 aromatic carbocycles. The second-order valence-electron chi connectivity index (χ2n) is 6.84. The normalized spacial score (nSPS) is 26.9. The maximum Gasteiger partial charge on any atom is 0.345 e. The van der Waals surface area contributed by atoms with E-state index in [9.17, 15) is 9.59 Å². The van der Waals surface area contributed by atoms with E-state index in [4.69, 9.17) is 0 Å². The standard InChI is InChI=1S/C17H25N3O2/c1-10-13(11(2)19-17(22)18-10)7-9-16(21)20-15-8-6-12-4-3-5-14(12)15/h12,14-15H,3-9H2,1-2H3,(H,20,21)(H,18,19,22)/t12-,14-,15-/m0/s1. The van der Waals surface area contributed by atoms with Crippen LogP contribution in [-0.2, 0) is 11.2 Å². The minimum atomic E-state index is -0.318. The molecule has 3 atom stereocenters. The monoisotopic (exact) mass is 303 g/mol. The number of nitrogens with zero attached hydrogens (tertiary/aromatic N) is 1. The Morgan fingerprint density at radius 3 is 2.86 bits per heavy atom. The van der Waals surface area contributed by atoms with E-state index < -0.39 is 0 Å². The van der Waals surface area contributed by atoms with Gasteiger partial charge in [-0.25, -0.2) is 4.79 Å². The molecule has 1 aromatic heterocycles. The van der Waals surface area contributed by atoms with Crippen LogP contribution in [0.4, 0.5) is 0 Å². The lowest BCUT2D eigenvalue weighted by Crippen LogP contribution is -2.37. The van der Waals surface area contributed by atoms with Gasteiger partial charge in [-0.15, -0.1) is 0 Å². The van der Waals surface area contributed by atoms with Crippen LogP contribution in [0.25, 0.3) is 0 Å². The van der Waals surface area contributed by atoms with Crippen molar-refractivity contribution in [1.82, 2.24) is 15.3 Å². The van der Waals surface area contributed by atoms with E-state index in [2.05, 4.69) is 15.3 Å². The highest BCUT2D eigenvalue weighted by atomic mass is 16.1. The van der Waals surface area contributed by atoms with Gasteiger partial charge in [-0.05, 0) is 56.9 Å². The molecule has 0 bridgehead atoms. The second-order valence-corrected chi connectivity index (χ2v) is 6.84. The molecule has 0 unspecified atom stereocenters. The number of fused-ring (bicyclic) bond motifs is 1. The molecule has 1 aromatic rings. The number of amides is 1. The van der Waals surface area contributed by atoms with Crippen LogP contribution in [0, 0.1) is 25.7 Å². The van der Waals surface area contributed by atoms with Crippen molar-refractivity contribution in [2.75, 3.05) is 0 Å². The van der Waals surface area contributed by atoms with E-state index in [0.717, 1.165) is 29.3 Å². The van der Waals surface area contributed by atoms with Crippen LogP contribution < -0.4 is 11.0 Å². The zero-order valence-electron chi connectivity index (χ0n) is 13.4. The van der Waals surface area contributed by atoms with Crippen molar-refractivity contribution in [3.63, 3.8) is 0 Å². The van der Waals surface area contributed by atoms with Gasteiger partial charge in [-0.1, -0.05) is 12.8 Å². The van der Waals surface area contributed by atoms with Gasteiger partial charge in [-0.3, -0.25) is 4.79 Å². The van der Waals surface area contributed by atoms with Gasteiger partial charge in [-0.2, -0.15) is 4.98 Å². The smallest absolute Gasteiger partial charge is 0.345 e. The lowest BCUT2D eigenvalue weighted by Gasteiger charge is -2.20. The molecule has 0 spiro atoms.